The van der Waals surface area contributed by atoms with Gasteiger partial charge in [-0.2, -0.15) is 8.78 Å². The normalized spacial score (nSPS) is 10.8. The minimum atomic E-state index is -1.57. The Labute approximate surface area is 105 Å². The van der Waals surface area contributed by atoms with Gasteiger partial charge in [-0.05, 0) is 13.8 Å². The molecule has 2 aromatic rings. The van der Waals surface area contributed by atoms with E-state index in [2.05, 4.69) is 4.98 Å². The van der Waals surface area contributed by atoms with E-state index in [-0.39, 0.29) is 0 Å². The molecule has 0 bridgehead atoms. The summed E-state index contributed by atoms with van der Waals surface area (Å²) in [6, 6.07) is 0. The summed E-state index contributed by atoms with van der Waals surface area (Å²) < 4.78 is 42.3. The van der Waals surface area contributed by atoms with Crippen molar-refractivity contribution in [3.8, 4) is 5.69 Å². The lowest BCUT2D eigenvalue weighted by Gasteiger charge is -2.09. The molecular formula is C11H8F3N3O2. The van der Waals surface area contributed by atoms with Gasteiger partial charge >= 0.3 is 5.69 Å². The average Bonchev–Trinajstić information content (AvgIpc) is 2.73. The maximum Gasteiger partial charge on any atom is 0.342 e. The third kappa shape index (κ3) is 1.94. The van der Waals surface area contributed by atoms with Gasteiger partial charge in [0.1, 0.15) is 5.69 Å². The fraction of sp³-hybridized carbons (Fsp3) is 0.182. The van der Waals surface area contributed by atoms with Crippen LogP contribution >= 0.6 is 0 Å². The number of halogens is 3. The summed E-state index contributed by atoms with van der Waals surface area (Å²) in [5.41, 5.74) is -2.25. The average molecular weight is 271 g/mol. The quantitative estimate of drug-likeness (QED) is 0.623. The molecule has 0 saturated carbocycles. The molecule has 2 rings (SSSR count). The molecule has 0 saturated heterocycles. The Balaban J connectivity index is 2.85. The molecule has 0 atom stereocenters. The number of hydrogen-bond donors (Lipinski definition) is 0. The zero-order valence-electron chi connectivity index (χ0n) is 9.95. The van der Waals surface area contributed by atoms with E-state index in [0.29, 0.717) is 5.69 Å². The lowest BCUT2D eigenvalue weighted by molar-refractivity contribution is -0.390. The lowest BCUT2D eigenvalue weighted by Crippen LogP contribution is -2.08. The summed E-state index contributed by atoms with van der Waals surface area (Å²) in [5.74, 6) is -4.28. The van der Waals surface area contributed by atoms with Gasteiger partial charge in [-0.15, -0.1) is 0 Å². The second kappa shape index (κ2) is 4.38. The molecule has 1 aromatic heterocycles. The summed E-state index contributed by atoms with van der Waals surface area (Å²) >= 11 is 0. The van der Waals surface area contributed by atoms with E-state index in [9.17, 15) is 23.3 Å². The number of rotatable bonds is 2. The first-order valence-corrected chi connectivity index (χ1v) is 5.17. The molecule has 0 N–H and O–H groups in total. The molecule has 0 amide bonds. The molecule has 0 aliphatic carbocycles. The predicted molar refractivity (Wildman–Crippen MR) is 59.6 cm³/mol. The summed E-state index contributed by atoms with van der Waals surface area (Å²) in [7, 11) is 0. The molecule has 8 heteroatoms. The second-order valence-electron chi connectivity index (χ2n) is 3.94. The van der Waals surface area contributed by atoms with E-state index in [1.807, 2.05) is 0 Å². The second-order valence-corrected chi connectivity index (χ2v) is 3.94. The summed E-state index contributed by atoms with van der Waals surface area (Å²) in [6.45, 7) is 2.58. The van der Waals surface area contributed by atoms with Crippen molar-refractivity contribution >= 4 is 5.69 Å². The topological polar surface area (TPSA) is 61.0 Å². The van der Waals surface area contributed by atoms with Gasteiger partial charge in [-0.3, -0.25) is 10.1 Å². The van der Waals surface area contributed by atoms with Gasteiger partial charge in [0.25, 0.3) is 0 Å². The van der Waals surface area contributed by atoms with Crippen LogP contribution in [0.25, 0.3) is 5.69 Å². The van der Waals surface area contributed by atoms with Crippen LogP contribution in [0.15, 0.2) is 12.5 Å². The number of nitro groups is 1. The number of nitrogens with zero attached hydrogens (tertiary/aromatic N) is 3. The van der Waals surface area contributed by atoms with Crippen LogP contribution in [0, 0.1) is 41.4 Å². The third-order valence-electron chi connectivity index (χ3n) is 2.64. The molecule has 19 heavy (non-hydrogen) atoms. The van der Waals surface area contributed by atoms with Crippen molar-refractivity contribution in [3.63, 3.8) is 0 Å². The minimum absolute atomic E-state index is 0.462. The number of imidazole rings is 1. The molecule has 1 heterocycles. The Morgan fingerprint density at radius 2 is 1.84 bits per heavy atom. The van der Waals surface area contributed by atoms with E-state index in [4.69, 9.17) is 0 Å². The first-order valence-electron chi connectivity index (χ1n) is 5.17. The molecule has 0 radical (unpaired) electrons. The van der Waals surface area contributed by atoms with E-state index in [1.165, 1.54) is 6.20 Å². The van der Waals surface area contributed by atoms with Crippen LogP contribution in [0.2, 0.25) is 0 Å². The van der Waals surface area contributed by atoms with Crippen LogP contribution in [0.1, 0.15) is 11.3 Å². The highest BCUT2D eigenvalue weighted by Crippen LogP contribution is 2.32. The maximum absolute atomic E-state index is 13.9. The van der Waals surface area contributed by atoms with Crippen LogP contribution < -0.4 is 0 Å². The first-order chi connectivity index (χ1) is 8.84. The van der Waals surface area contributed by atoms with E-state index in [0.717, 1.165) is 17.8 Å². The summed E-state index contributed by atoms with van der Waals surface area (Å²) in [5, 5.41) is 10.7. The van der Waals surface area contributed by atoms with Crippen LogP contribution in [0.3, 0.4) is 0 Å². The molecule has 100 valence electrons. The molecule has 5 nitrogen and oxygen atoms in total. The Morgan fingerprint density at radius 1 is 1.21 bits per heavy atom. The van der Waals surface area contributed by atoms with E-state index >= 15 is 0 Å². The Bertz CT molecular complexity index is 682. The summed E-state index contributed by atoms with van der Waals surface area (Å²) in [6.07, 6.45) is 2.38. The SMILES string of the molecule is Cc1cn(-c2c(F)c(C)c(F)c([N+](=O)[O-])c2F)cn1. The largest absolute Gasteiger partial charge is 0.342 e. The fourth-order valence-electron chi connectivity index (χ4n) is 1.69. The molecule has 0 fully saturated rings. The number of nitro benzene ring substituents is 1. The smallest absolute Gasteiger partial charge is 0.300 e. The molecular weight excluding hydrogens is 263 g/mol. The van der Waals surface area contributed by atoms with Gasteiger partial charge in [0.05, 0.1) is 16.9 Å². The van der Waals surface area contributed by atoms with Crippen LogP contribution in [-0.4, -0.2) is 14.5 Å². The number of aromatic nitrogens is 2. The Kier molecular flexibility index (Phi) is 3.01. The van der Waals surface area contributed by atoms with Crippen molar-refractivity contribution in [2.75, 3.05) is 0 Å². The Morgan fingerprint density at radius 3 is 2.32 bits per heavy atom. The van der Waals surface area contributed by atoms with Gasteiger partial charge in [-0.1, -0.05) is 0 Å². The van der Waals surface area contributed by atoms with Crippen LogP contribution in [0.5, 0.6) is 0 Å². The lowest BCUT2D eigenvalue weighted by atomic mass is 10.1. The Hall–Kier alpha value is -2.38. The zero-order valence-corrected chi connectivity index (χ0v) is 9.95. The molecule has 0 unspecified atom stereocenters. The first kappa shape index (κ1) is 13.1. The van der Waals surface area contributed by atoms with Crippen molar-refractivity contribution in [2.24, 2.45) is 0 Å². The van der Waals surface area contributed by atoms with Crippen LogP contribution in [0.4, 0.5) is 18.9 Å². The number of hydrogen-bond acceptors (Lipinski definition) is 3. The number of aryl methyl sites for hydroxylation is 1. The van der Waals surface area contributed by atoms with Gasteiger partial charge in [0.15, 0.2) is 5.82 Å². The highest BCUT2D eigenvalue weighted by atomic mass is 19.1. The third-order valence-corrected chi connectivity index (χ3v) is 2.64. The molecule has 0 spiro atoms. The highest BCUT2D eigenvalue weighted by molar-refractivity contribution is 5.51. The van der Waals surface area contributed by atoms with Gasteiger partial charge in [0.2, 0.25) is 11.6 Å². The van der Waals surface area contributed by atoms with Crippen molar-refractivity contribution in [1.29, 1.82) is 0 Å². The van der Waals surface area contributed by atoms with Crippen molar-refractivity contribution in [3.05, 3.63) is 51.3 Å². The van der Waals surface area contributed by atoms with E-state index in [1.54, 1.807) is 6.92 Å². The zero-order chi connectivity index (χ0) is 14.3. The van der Waals surface area contributed by atoms with Gasteiger partial charge in [0, 0.05) is 11.8 Å². The minimum Gasteiger partial charge on any atom is -0.300 e. The molecule has 1 aromatic carbocycles. The number of benzene rings is 1. The summed E-state index contributed by atoms with van der Waals surface area (Å²) in [4.78, 5) is 13.2. The van der Waals surface area contributed by atoms with Crippen molar-refractivity contribution in [2.45, 2.75) is 13.8 Å². The predicted octanol–water partition coefficient (Wildman–Crippen LogP) is 2.81. The monoisotopic (exact) mass is 271 g/mol. The fourth-order valence-corrected chi connectivity index (χ4v) is 1.69. The van der Waals surface area contributed by atoms with Crippen molar-refractivity contribution < 1.29 is 18.1 Å². The molecule has 0 aliphatic heterocycles. The standard InChI is InChI=1S/C11H8F3N3O2/c1-5-3-16(4-15-5)10-7(12)6(2)8(13)11(9(10)14)17(18)19/h3-4H,1-2H3. The van der Waals surface area contributed by atoms with E-state index < -0.39 is 39.3 Å². The molecule has 0 aliphatic rings. The van der Waals surface area contributed by atoms with Gasteiger partial charge in [-0.25, -0.2) is 9.37 Å². The van der Waals surface area contributed by atoms with Crippen molar-refractivity contribution in [1.82, 2.24) is 9.55 Å². The van der Waals surface area contributed by atoms with Gasteiger partial charge < -0.3 is 4.57 Å². The highest BCUT2D eigenvalue weighted by Gasteiger charge is 2.31. The van der Waals surface area contributed by atoms with Crippen LogP contribution in [-0.2, 0) is 0 Å². The maximum atomic E-state index is 13.9.